The predicted molar refractivity (Wildman–Crippen MR) is 135 cm³/mol. The summed E-state index contributed by atoms with van der Waals surface area (Å²) in [5.74, 6) is -0.397. The molecule has 3 rings (SSSR count). The average molecular weight is 518 g/mol. The molecule has 184 valence electrons. The maximum atomic E-state index is 13.4. The van der Waals surface area contributed by atoms with Crippen LogP contribution in [-0.2, 0) is 16.4 Å². The normalized spacial score (nSPS) is 11.5. The summed E-state index contributed by atoms with van der Waals surface area (Å²) in [5.41, 5.74) is 1.91. The minimum Gasteiger partial charge on any atom is -0.496 e. The van der Waals surface area contributed by atoms with Gasteiger partial charge in [-0.3, -0.25) is 4.79 Å². The minimum atomic E-state index is -4.05. The summed E-state index contributed by atoms with van der Waals surface area (Å²) in [5, 5.41) is 3.20. The van der Waals surface area contributed by atoms with E-state index in [2.05, 4.69) is 9.71 Å². The van der Waals surface area contributed by atoms with Crippen molar-refractivity contribution in [3.63, 3.8) is 0 Å². The highest BCUT2D eigenvalue weighted by molar-refractivity contribution is 7.90. The Balaban J connectivity index is 1.86. The Bertz CT molecular complexity index is 1340. The summed E-state index contributed by atoms with van der Waals surface area (Å²) in [6.45, 7) is 0.241. The molecule has 0 bridgehead atoms. The van der Waals surface area contributed by atoms with Crippen LogP contribution in [0.1, 0.15) is 15.9 Å². The van der Waals surface area contributed by atoms with E-state index in [0.717, 1.165) is 0 Å². The highest BCUT2D eigenvalue weighted by atomic mass is 35.5. The van der Waals surface area contributed by atoms with Gasteiger partial charge in [-0.05, 0) is 53.9 Å². The quantitative estimate of drug-likeness (QED) is 0.335. The molecule has 0 aliphatic carbocycles. The molecule has 0 unspecified atom stereocenters. The molecule has 0 fully saturated rings. The lowest BCUT2D eigenvalue weighted by Gasteiger charge is -2.13. The third-order valence-corrected chi connectivity index (χ3v) is 6.50. The van der Waals surface area contributed by atoms with Crippen molar-refractivity contribution < 1.29 is 22.3 Å². The van der Waals surface area contributed by atoms with Crippen molar-refractivity contribution in [2.75, 3.05) is 27.7 Å². The Morgan fingerprint density at radius 3 is 2.49 bits per heavy atom. The molecule has 0 heterocycles. The van der Waals surface area contributed by atoms with Gasteiger partial charge >= 0.3 is 0 Å². The third-order valence-electron chi connectivity index (χ3n) is 5.00. The fourth-order valence-corrected chi connectivity index (χ4v) is 4.65. The number of rotatable bonds is 9. The van der Waals surface area contributed by atoms with Crippen molar-refractivity contribution >= 4 is 33.9 Å². The first-order valence-electron chi connectivity index (χ1n) is 10.6. The van der Waals surface area contributed by atoms with E-state index in [-0.39, 0.29) is 17.3 Å². The van der Waals surface area contributed by atoms with Crippen LogP contribution >= 0.6 is 11.6 Å². The Kier molecular flexibility index (Phi) is 8.48. The fraction of sp³-hybridized carbons (Fsp3) is 0.200. The highest BCUT2D eigenvalue weighted by Crippen LogP contribution is 2.30. The van der Waals surface area contributed by atoms with E-state index in [1.807, 2.05) is 0 Å². The van der Waals surface area contributed by atoms with Gasteiger partial charge in [0.15, 0.2) is 0 Å². The van der Waals surface area contributed by atoms with Gasteiger partial charge in [0.25, 0.3) is 15.9 Å². The summed E-state index contributed by atoms with van der Waals surface area (Å²) >= 11 is 6.00. The molecule has 0 saturated heterocycles. The largest absolute Gasteiger partial charge is 0.496 e. The molecule has 1 amide bonds. The van der Waals surface area contributed by atoms with E-state index in [1.54, 1.807) is 38.4 Å². The number of halogens is 2. The second kappa shape index (κ2) is 11.3. The van der Waals surface area contributed by atoms with E-state index in [1.165, 1.54) is 54.7 Å². The number of hydrogen-bond donors (Lipinski definition) is 1. The maximum absolute atomic E-state index is 13.4. The summed E-state index contributed by atoms with van der Waals surface area (Å²) in [6, 6.07) is 15.2. The van der Waals surface area contributed by atoms with Crippen LogP contribution in [0.25, 0.3) is 11.1 Å². The molecule has 0 saturated carbocycles. The van der Waals surface area contributed by atoms with Gasteiger partial charge in [-0.15, -0.1) is 4.40 Å². The predicted octanol–water partition coefficient (Wildman–Crippen LogP) is 4.41. The summed E-state index contributed by atoms with van der Waals surface area (Å²) in [7, 11) is 0.734. The molecule has 7 nitrogen and oxygen atoms in total. The molecule has 0 aromatic heterocycles. The Hall–Kier alpha value is -3.43. The molecular weight excluding hydrogens is 493 g/mol. The van der Waals surface area contributed by atoms with Gasteiger partial charge in [0.2, 0.25) is 0 Å². The first-order chi connectivity index (χ1) is 16.6. The van der Waals surface area contributed by atoms with E-state index in [0.29, 0.717) is 39.4 Å². The van der Waals surface area contributed by atoms with Gasteiger partial charge in [-0.1, -0.05) is 35.9 Å². The molecule has 3 aromatic carbocycles. The van der Waals surface area contributed by atoms with Crippen LogP contribution in [0.2, 0.25) is 5.02 Å². The van der Waals surface area contributed by atoms with Gasteiger partial charge < -0.3 is 15.0 Å². The minimum absolute atomic E-state index is 0.0115. The lowest BCUT2D eigenvalue weighted by atomic mass is 10.0. The van der Waals surface area contributed by atoms with E-state index in [4.69, 9.17) is 16.3 Å². The van der Waals surface area contributed by atoms with Crippen LogP contribution in [0, 0.1) is 5.82 Å². The van der Waals surface area contributed by atoms with Crippen molar-refractivity contribution in [2.24, 2.45) is 4.40 Å². The monoisotopic (exact) mass is 517 g/mol. The molecule has 35 heavy (non-hydrogen) atoms. The smallest absolute Gasteiger partial charge is 0.284 e. The lowest BCUT2D eigenvalue weighted by Crippen LogP contribution is -2.26. The number of hydrogen-bond acceptors (Lipinski definition) is 4. The van der Waals surface area contributed by atoms with E-state index >= 15 is 0 Å². The maximum Gasteiger partial charge on any atom is 0.284 e. The first-order valence-corrected chi connectivity index (χ1v) is 12.4. The van der Waals surface area contributed by atoms with Crippen LogP contribution < -0.4 is 10.1 Å². The summed E-state index contributed by atoms with van der Waals surface area (Å²) in [6.07, 6.45) is 1.56. The molecule has 1 N–H and O–H groups in total. The number of carbonyl (C=O) groups excluding carboxylic acids is 1. The Morgan fingerprint density at radius 2 is 1.83 bits per heavy atom. The topological polar surface area (TPSA) is 88.1 Å². The summed E-state index contributed by atoms with van der Waals surface area (Å²) in [4.78, 5) is 14.1. The van der Waals surface area contributed by atoms with Crippen LogP contribution in [0.15, 0.2) is 70.0 Å². The van der Waals surface area contributed by atoms with Gasteiger partial charge in [-0.2, -0.15) is 8.42 Å². The zero-order valence-corrected chi connectivity index (χ0v) is 21.0. The van der Waals surface area contributed by atoms with Gasteiger partial charge in [0.05, 0.1) is 17.6 Å². The number of methoxy groups -OCH3 is 1. The number of carbonyl (C=O) groups is 1. The summed E-state index contributed by atoms with van der Waals surface area (Å²) < 4.78 is 48.4. The number of nitrogens with one attached hydrogen (secondary N) is 1. The Morgan fingerprint density at radius 1 is 1.11 bits per heavy atom. The first kappa shape index (κ1) is 26.2. The number of sulfonamides is 1. The molecule has 3 aromatic rings. The Labute approximate surface area is 209 Å². The lowest BCUT2D eigenvalue weighted by molar-refractivity contribution is 0.0951. The molecule has 0 spiro atoms. The van der Waals surface area contributed by atoms with Crippen molar-refractivity contribution in [1.29, 1.82) is 0 Å². The van der Waals surface area contributed by atoms with Crippen molar-refractivity contribution in [3.05, 3.63) is 82.6 Å². The van der Waals surface area contributed by atoms with Crippen molar-refractivity contribution in [3.8, 4) is 16.9 Å². The fourth-order valence-electron chi connectivity index (χ4n) is 3.29. The van der Waals surface area contributed by atoms with Crippen LogP contribution in [0.5, 0.6) is 5.75 Å². The van der Waals surface area contributed by atoms with Gasteiger partial charge in [0, 0.05) is 31.2 Å². The number of ether oxygens (including phenoxy) is 1. The second-order valence-electron chi connectivity index (χ2n) is 7.85. The molecule has 0 aliphatic heterocycles. The molecule has 10 heteroatoms. The third kappa shape index (κ3) is 6.80. The zero-order chi connectivity index (χ0) is 25.6. The number of benzene rings is 3. The van der Waals surface area contributed by atoms with Gasteiger partial charge in [0.1, 0.15) is 17.9 Å². The molecule has 0 aliphatic rings. The van der Waals surface area contributed by atoms with Gasteiger partial charge in [-0.25, -0.2) is 4.39 Å². The van der Waals surface area contributed by atoms with Crippen LogP contribution in [0.3, 0.4) is 0 Å². The second-order valence-corrected chi connectivity index (χ2v) is 9.88. The molecule has 0 radical (unpaired) electrons. The van der Waals surface area contributed by atoms with Crippen LogP contribution in [-0.4, -0.2) is 53.3 Å². The van der Waals surface area contributed by atoms with Crippen LogP contribution in [0.4, 0.5) is 4.39 Å². The zero-order valence-electron chi connectivity index (χ0n) is 19.5. The average Bonchev–Trinajstić information content (AvgIpc) is 2.83. The SMILES string of the molecule is COc1ccc(Cl)cc1C(=O)NCCc1ccc(-c2ccc(F)cc2)c(S(=O)(=O)N=CN(C)C)c1. The number of nitrogens with zero attached hydrogens (tertiary/aromatic N) is 2. The van der Waals surface area contributed by atoms with Crippen molar-refractivity contribution in [2.45, 2.75) is 11.3 Å². The molecule has 0 atom stereocenters. The van der Waals surface area contributed by atoms with Crippen molar-refractivity contribution in [1.82, 2.24) is 10.2 Å². The standard InChI is InChI=1S/C25H25ClFN3O4S/c1-30(2)16-29-35(32,33)24-14-17(4-10-21(24)18-5-8-20(27)9-6-18)12-13-28-25(31)22-15-19(26)7-11-23(22)34-3/h4-11,14-16H,12-13H2,1-3H3,(H,28,31). The number of amides is 1. The highest BCUT2D eigenvalue weighted by Gasteiger charge is 2.20. The van der Waals surface area contributed by atoms with E-state index in [9.17, 15) is 17.6 Å². The molecular formula is C25H25ClFN3O4S. The van der Waals surface area contributed by atoms with E-state index < -0.39 is 15.8 Å².